The molecule has 1 saturated heterocycles. The van der Waals surface area contributed by atoms with Gasteiger partial charge in [-0.25, -0.2) is 0 Å². The van der Waals surface area contributed by atoms with Crippen molar-refractivity contribution in [2.75, 3.05) is 13.1 Å². The third kappa shape index (κ3) is 3.43. The van der Waals surface area contributed by atoms with Gasteiger partial charge < -0.3 is 9.64 Å². The summed E-state index contributed by atoms with van der Waals surface area (Å²) < 4.78 is 6.53. The van der Waals surface area contributed by atoms with Crippen LogP contribution in [0.4, 0.5) is 0 Å². The molecule has 0 bridgehead atoms. The lowest BCUT2D eigenvalue weighted by Gasteiger charge is -2.32. The Morgan fingerprint density at radius 2 is 1.75 bits per heavy atom. The fourth-order valence-corrected chi connectivity index (χ4v) is 5.01. The van der Waals surface area contributed by atoms with Crippen molar-refractivity contribution < 1.29 is 9.53 Å². The molecule has 0 saturated carbocycles. The molecule has 0 aromatic heterocycles. The Bertz CT molecular complexity index is 894. The largest absolute Gasteiger partial charge is 0.485 e. The molecule has 0 spiro atoms. The summed E-state index contributed by atoms with van der Waals surface area (Å²) in [5, 5.41) is 0. The summed E-state index contributed by atoms with van der Waals surface area (Å²) in [5.74, 6) is 1.75. The average Bonchev–Trinajstić information content (AvgIpc) is 3.10. The van der Waals surface area contributed by atoms with E-state index in [9.17, 15) is 4.79 Å². The number of aryl methyl sites for hydroxylation is 2. The van der Waals surface area contributed by atoms with Crippen LogP contribution in [-0.4, -0.2) is 23.9 Å². The molecule has 3 nitrogen and oxygen atoms in total. The number of hydrogen-bond donors (Lipinski definition) is 0. The fraction of sp³-hybridized carbons (Fsp3) is 0.480. The van der Waals surface area contributed by atoms with Crippen LogP contribution in [0.25, 0.3) is 0 Å². The monoisotopic (exact) mass is 377 g/mol. The molecule has 4 rings (SSSR count). The van der Waals surface area contributed by atoms with E-state index in [4.69, 9.17) is 4.74 Å². The Balaban J connectivity index is 1.53. The number of piperidine rings is 1. The standard InChI is InChI=1S/C25H31NO2/c1-16-6-5-7-21-8-10-24(25(16)21)28-23-11-9-22(17(2)18(23)3)20-12-14-26(15-13-20)19(4)27/h5-7,9,11,20,24H,8,10,12-15H2,1-4H3/t24-/m0/s1. The first-order valence-corrected chi connectivity index (χ1v) is 10.6. The van der Waals surface area contributed by atoms with Crippen molar-refractivity contribution in [2.45, 2.75) is 65.4 Å². The number of amides is 1. The van der Waals surface area contributed by atoms with Gasteiger partial charge in [0.05, 0.1) is 0 Å². The molecule has 1 fully saturated rings. The second-order valence-corrected chi connectivity index (χ2v) is 8.48. The number of nitrogens with zero attached hydrogens (tertiary/aromatic N) is 1. The van der Waals surface area contributed by atoms with Crippen molar-refractivity contribution in [1.82, 2.24) is 4.90 Å². The van der Waals surface area contributed by atoms with E-state index in [1.807, 2.05) is 4.90 Å². The Hall–Kier alpha value is -2.29. The SMILES string of the molecule is CC(=O)N1CCC(c2ccc(O[C@H]3CCc4cccc(C)c43)c(C)c2C)CC1. The van der Waals surface area contributed by atoms with Gasteiger partial charge in [-0.15, -0.1) is 0 Å². The first kappa shape index (κ1) is 19.0. The molecule has 1 heterocycles. The Morgan fingerprint density at radius 3 is 2.46 bits per heavy atom. The topological polar surface area (TPSA) is 29.5 Å². The maximum absolute atomic E-state index is 11.6. The van der Waals surface area contributed by atoms with Crippen molar-refractivity contribution >= 4 is 5.91 Å². The maximum Gasteiger partial charge on any atom is 0.219 e. The first-order valence-electron chi connectivity index (χ1n) is 10.6. The molecule has 2 aromatic carbocycles. The number of carbonyl (C=O) groups is 1. The van der Waals surface area contributed by atoms with Crippen LogP contribution < -0.4 is 4.74 Å². The van der Waals surface area contributed by atoms with Crippen molar-refractivity contribution in [3.63, 3.8) is 0 Å². The van der Waals surface area contributed by atoms with Crippen molar-refractivity contribution in [3.8, 4) is 5.75 Å². The van der Waals surface area contributed by atoms with Gasteiger partial charge in [0.25, 0.3) is 0 Å². The van der Waals surface area contributed by atoms with Gasteiger partial charge in [0.15, 0.2) is 0 Å². The highest BCUT2D eigenvalue weighted by molar-refractivity contribution is 5.73. The third-order valence-corrected chi connectivity index (χ3v) is 6.84. The molecule has 0 unspecified atom stereocenters. The zero-order valence-corrected chi connectivity index (χ0v) is 17.5. The van der Waals surface area contributed by atoms with E-state index in [2.05, 4.69) is 51.1 Å². The molecule has 1 aliphatic carbocycles. The summed E-state index contributed by atoms with van der Waals surface area (Å²) >= 11 is 0. The van der Waals surface area contributed by atoms with E-state index < -0.39 is 0 Å². The molecule has 2 aromatic rings. The normalized spacial score (nSPS) is 19.6. The molecule has 1 aliphatic heterocycles. The van der Waals surface area contributed by atoms with Gasteiger partial charge in [-0.2, -0.15) is 0 Å². The molecule has 3 heteroatoms. The fourth-order valence-electron chi connectivity index (χ4n) is 5.01. The summed E-state index contributed by atoms with van der Waals surface area (Å²) in [6.07, 6.45) is 4.43. The van der Waals surface area contributed by atoms with Crippen LogP contribution >= 0.6 is 0 Å². The summed E-state index contributed by atoms with van der Waals surface area (Å²) in [6.45, 7) is 10.0. The number of rotatable bonds is 3. The minimum absolute atomic E-state index is 0.166. The number of likely N-dealkylation sites (tertiary alicyclic amines) is 1. The molecule has 28 heavy (non-hydrogen) atoms. The Morgan fingerprint density at radius 1 is 1.00 bits per heavy atom. The lowest BCUT2D eigenvalue weighted by atomic mass is 9.85. The second-order valence-electron chi connectivity index (χ2n) is 8.48. The highest BCUT2D eigenvalue weighted by Crippen LogP contribution is 2.40. The maximum atomic E-state index is 11.6. The van der Waals surface area contributed by atoms with Crippen molar-refractivity contribution in [1.29, 1.82) is 0 Å². The lowest BCUT2D eigenvalue weighted by molar-refractivity contribution is -0.129. The van der Waals surface area contributed by atoms with Crippen LogP contribution in [-0.2, 0) is 11.2 Å². The predicted molar refractivity (Wildman–Crippen MR) is 113 cm³/mol. The third-order valence-electron chi connectivity index (χ3n) is 6.84. The molecular formula is C25H31NO2. The Kier molecular flexibility index (Phi) is 5.18. The van der Waals surface area contributed by atoms with Crippen LogP contribution in [0, 0.1) is 20.8 Å². The molecule has 0 radical (unpaired) electrons. The van der Waals surface area contributed by atoms with E-state index in [-0.39, 0.29) is 12.0 Å². The Labute approximate surface area is 168 Å². The van der Waals surface area contributed by atoms with E-state index in [1.54, 1.807) is 6.92 Å². The van der Waals surface area contributed by atoms with Gasteiger partial charge >= 0.3 is 0 Å². The quantitative estimate of drug-likeness (QED) is 0.716. The smallest absolute Gasteiger partial charge is 0.219 e. The van der Waals surface area contributed by atoms with E-state index in [1.165, 1.54) is 33.4 Å². The highest BCUT2D eigenvalue weighted by atomic mass is 16.5. The van der Waals surface area contributed by atoms with E-state index >= 15 is 0 Å². The lowest BCUT2D eigenvalue weighted by Crippen LogP contribution is -2.36. The summed E-state index contributed by atoms with van der Waals surface area (Å²) in [4.78, 5) is 13.6. The van der Waals surface area contributed by atoms with Crippen molar-refractivity contribution in [3.05, 3.63) is 63.7 Å². The van der Waals surface area contributed by atoms with Crippen LogP contribution in [0.5, 0.6) is 5.75 Å². The molecular weight excluding hydrogens is 346 g/mol. The molecule has 0 N–H and O–H groups in total. The van der Waals surface area contributed by atoms with Gasteiger partial charge in [-0.3, -0.25) is 4.79 Å². The zero-order valence-electron chi connectivity index (χ0n) is 17.5. The van der Waals surface area contributed by atoms with Crippen LogP contribution in [0.2, 0.25) is 0 Å². The van der Waals surface area contributed by atoms with E-state index in [0.717, 1.165) is 44.5 Å². The van der Waals surface area contributed by atoms with E-state index in [0.29, 0.717) is 5.92 Å². The van der Waals surface area contributed by atoms with Gasteiger partial charge in [0, 0.05) is 20.0 Å². The zero-order chi connectivity index (χ0) is 19.8. The first-order chi connectivity index (χ1) is 13.5. The van der Waals surface area contributed by atoms with Crippen molar-refractivity contribution in [2.24, 2.45) is 0 Å². The van der Waals surface area contributed by atoms with Gasteiger partial charge in [-0.05, 0) is 91.8 Å². The summed E-state index contributed by atoms with van der Waals surface area (Å²) in [7, 11) is 0. The summed E-state index contributed by atoms with van der Waals surface area (Å²) in [5.41, 5.74) is 8.20. The second kappa shape index (κ2) is 7.62. The molecule has 1 atom stereocenters. The van der Waals surface area contributed by atoms with Crippen LogP contribution in [0.3, 0.4) is 0 Å². The molecule has 148 valence electrons. The van der Waals surface area contributed by atoms with Gasteiger partial charge in [0.1, 0.15) is 11.9 Å². The number of carbonyl (C=O) groups excluding carboxylic acids is 1. The average molecular weight is 378 g/mol. The molecule has 1 amide bonds. The number of benzene rings is 2. The summed E-state index contributed by atoms with van der Waals surface area (Å²) in [6, 6.07) is 11.0. The predicted octanol–water partition coefficient (Wildman–Crippen LogP) is 5.40. The van der Waals surface area contributed by atoms with Crippen LogP contribution in [0.15, 0.2) is 30.3 Å². The highest BCUT2D eigenvalue weighted by Gasteiger charge is 2.27. The number of hydrogen-bond acceptors (Lipinski definition) is 2. The molecule has 2 aliphatic rings. The van der Waals surface area contributed by atoms with Crippen LogP contribution in [0.1, 0.15) is 71.6 Å². The van der Waals surface area contributed by atoms with Gasteiger partial charge in [0.2, 0.25) is 5.91 Å². The number of fused-ring (bicyclic) bond motifs is 1. The van der Waals surface area contributed by atoms with Gasteiger partial charge in [-0.1, -0.05) is 24.3 Å². The number of ether oxygens (including phenoxy) is 1. The minimum Gasteiger partial charge on any atom is -0.485 e. The minimum atomic E-state index is 0.166.